The zero-order valence-electron chi connectivity index (χ0n) is 58.6. The lowest BCUT2D eigenvalue weighted by Crippen LogP contribution is -2.45. The maximum atomic E-state index is 12.5. The molecule has 86 heavy (non-hydrogen) atoms. The highest BCUT2D eigenvalue weighted by atomic mass is 16.5. The Kier molecular flexibility index (Phi) is 74.3. The highest BCUT2D eigenvalue weighted by molar-refractivity contribution is 5.76. The first-order valence-electron chi connectivity index (χ1n) is 39.6. The summed E-state index contributed by atoms with van der Waals surface area (Å²) in [4.78, 5) is 24.6. The minimum Gasteiger partial charge on any atom is -0.466 e. The lowest BCUT2D eigenvalue weighted by atomic mass is 10.0. The number of nitrogens with one attached hydrogen (secondary N) is 1. The van der Waals surface area contributed by atoms with Crippen molar-refractivity contribution in [3.63, 3.8) is 0 Å². The fourth-order valence-corrected chi connectivity index (χ4v) is 12.7. The number of rotatable bonds is 75. The van der Waals surface area contributed by atoms with Gasteiger partial charge in [0.1, 0.15) is 0 Å². The number of hydrogen-bond acceptors (Lipinski definition) is 5. The van der Waals surface area contributed by atoms with Crippen LogP contribution in [0, 0.1) is 0 Å². The van der Waals surface area contributed by atoms with Gasteiger partial charge < -0.3 is 20.3 Å². The van der Waals surface area contributed by atoms with E-state index in [0.717, 1.165) is 38.5 Å². The number of carbonyl (C=O) groups is 2. The summed E-state index contributed by atoms with van der Waals surface area (Å²) in [7, 11) is 0. The zero-order valence-corrected chi connectivity index (χ0v) is 58.6. The van der Waals surface area contributed by atoms with Crippen molar-refractivity contribution in [3.05, 3.63) is 24.3 Å². The summed E-state index contributed by atoms with van der Waals surface area (Å²) in [6, 6.07) is -0.627. The number of carbonyl (C=O) groups excluding carboxylic acids is 2. The molecule has 2 atom stereocenters. The average molecular weight is 1210 g/mol. The normalized spacial score (nSPS) is 12.6. The van der Waals surface area contributed by atoms with Crippen molar-refractivity contribution in [1.82, 2.24) is 5.32 Å². The maximum Gasteiger partial charge on any atom is 0.305 e. The molecule has 6 heteroatoms. The van der Waals surface area contributed by atoms with E-state index >= 15 is 0 Å². The van der Waals surface area contributed by atoms with E-state index in [-0.39, 0.29) is 18.5 Å². The van der Waals surface area contributed by atoms with E-state index in [9.17, 15) is 19.8 Å². The predicted molar refractivity (Wildman–Crippen MR) is 380 cm³/mol. The molecule has 0 saturated carbocycles. The molecule has 0 heterocycles. The molecule has 0 aliphatic carbocycles. The van der Waals surface area contributed by atoms with E-state index in [1.54, 1.807) is 6.08 Å². The molecular formula is C80H155NO5. The fourth-order valence-electron chi connectivity index (χ4n) is 12.7. The van der Waals surface area contributed by atoms with Crippen LogP contribution in [0.3, 0.4) is 0 Å². The van der Waals surface area contributed by atoms with Crippen molar-refractivity contribution in [3.8, 4) is 0 Å². The lowest BCUT2D eigenvalue weighted by Gasteiger charge is -2.20. The number of ether oxygens (including phenoxy) is 1. The van der Waals surface area contributed by atoms with Gasteiger partial charge in [0.05, 0.1) is 25.4 Å². The molecular weight excluding hydrogens is 1050 g/mol. The first-order chi connectivity index (χ1) is 42.5. The van der Waals surface area contributed by atoms with E-state index in [4.69, 9.17) is 4.74 Å². The Morgan fingerprint density at radius 2 is 0.547 bits per heavy atom. The Morgan fingerprint density at radius 3 is 0.826 bits per heavy atom. The lowest BCUT2D eigenvalue weighted by molar-refractivity contribution is -0.143. The molecule has 0 aliphatic rings. The summed E-state index contributed by atoms with van der Waals surface area (Å²) < 4.78 is 5.50. The molecule has 0 bridgehead atoms. The number of aliphatic hydroxyl groups is 2. The van der Waals surface area contributed by atoms with Crippen molar-refractivity contribution in [2.75, 3.05) is 13.2 Å². The monoisotopic (exact) mass is 1210 g/mol. The number of unbranched alkanes of at least 4 members (excludes halogenated alkanes) is 62. The van der Waals surface area contributed by atoms with Crippen LogP contribution in [-0.2, 0) is 14.3 Å². The fraction of sp³-hybridized carbons (Fsp3) is 0.925. The molecule has 0 aromatic rings. The Balaban J connectivity index is 3.37. The predicted octanol–water partition coefficient (Wildman–Crippen LogP) is 26.0. The van der Waals surface area contributed by atoms with Crippen molar-refractivity contribution >= 4 is 11.9 Å². The number of esters is 1. The molecule has 510 valence electrons. The van der Waals surface area contributed by atoms with Gasteiger partial charge in [-0.1, -0.05) is 404 Å². The SMILES string of the molecule is CCCCCCCCCCCCCCCCCCCCCCC/C=C/C(O)C(CO)NC(=O)CCCCCCCCCCCCCCCCCC/C=C\CCCCCCCCCCCCCCOC(=O)CCCCCCCCCCCCCCCC. The van der Waals surface area contributed by atoms with Gasteiger partial charge >= 0.3 is 5.97 Å². The Hall–Kier alpha value is -1.66. The Bertz CT molecular complexity index is 1350. The van der Waals surface area contributed by atoms with Crippen LogP contribution in [-0.4, -0.2) is 47.4 Å². The largest absolute Gasteiger partial charge is 0.466 e. The van der Waals surface area contributed by atoms with Gasteiger partial charge in [-0.05, 0) is 57.8 Å². The average Bonchev–Trinajstić information content (AvgIpc) is 3.58. The zero-order chi connectivity index (χ0) is 62.0. The molecule has 0 saturated heterocycles. The third kappa shape index (κ3) is 71.4. The van der Waals surface area contributed by atoms with Crippen LogP contribution in [0.15, 0.2) is 24.3 Å². The van der Waals surface area contributed by atoms with Gasteiger partial charge in [0.2, 0.25) is 5.91 Å². The summed E-state index contributed by atoms with van der Waals surface area (Å²) in [5, 5.41) is 23.3. The molecule has 0 aromatic carbocycles. The standard InChI is InChI=1S/C80H155NO5/c1-3-5-7-9-11-13-15-17-19-20-21-22-33-36-39-42-45-48-52-56-60-64-68-72-78(83)77(76-82)81-79(84)73-69-65-61-57-53-49-46-43-40-37-34-31-29-27-25-23-24-26-28-30-32-35-38-41-44-47-51-55-59-63-67-71-75-86-80(85)74-70-66-62-58-54-50-18-16-14-12-10-8-6-4-2/h26,28,68,72,77-78,82-83H,3-25,27,29-67,69-71,73-76H2,1-2H3,(H,81,84)/b28-26-,72-68+. The number of amides is 1. The molecule has 0 fully saturated rings. The van der Waals surface area contributed by atoms with Crippen molar-refractivity contribution in [1.29, 1.82) is 0 Å². The smallest absolute Gasteiger partial charge is 0.305 e. The van der Waals surface area contributed by atoms with E-state index in [1.165, 1.54) is 385 Å². The van der Waals surface area contributed by atoms with Crippen molar-refractivity contribution in [2.24, 2.45) is 0 Å². The minimum atomic E-state index is -0.844. The molecule has 2 unspecified atom stereocenters. The molecule has 1 amide bonds. The molecule has 0 rings (SSSR count). The summed E-state index contributed by atoms with van der Waals surface area (Å²) in [5.41, 5.74) is 0. The van der Waals surface area contributed by atoms with Gasteiger partial charge in [-0.15, -0.1) is 0 Å². The summed E-state index contributed by atoms with van der Waals surface area (Å²) in [6.45, 7) is 4.96. The van der Waals surface area contributed by atoms with Gasteiger partial charge in [0.15, 0.2) is 0 Å². The van der Waals surface area contributed by atoms with E-state index in [1.807, 2.05) is 6.08 Å². The summed E-state index contributed by atoms with van der Waals surface area (Å²) >= 11 is 0. The van der Waals surface area contributed by atoms with Gasteiger partial charge in [0, 0.05) is 12.8 Å². The van der Waals surface area contributed by atoms with Crippen LogP contribution < -0.4 is 5.32 Å². The second-order valence-electron chi connectivity index (χ2n) is 27.4. The Labute approximate surface area is 539 Å². The van der Waals surface area contributed by atoms with Crippen LogP contribution in [0.2, 0.25) is 0 Å². The Morgan fingerprint density at radius 1 is 0.314 bits per heavy atom. The number of aliphatic hydroxyl groups excluding tert-OH is 2. The van der Waals surface area contributed by atoms with Crippen LogP contribution in [0.4, 0.5) is 0 Å². The van der Waals surface area contributed by atoms with Crippen LogP contribution in [0.1, 0.15) is 450 Å². The van der Waals surface area contributed by atoms with Crippen LogP contribution in [0.5, 0.6) is 0 Å². The molecule has 0 radical (unpaired) electrons. The van der Waals surface area contributed by atoms with E-state index in [2.05, 4.69) is 31.3 Å². The highest BCUT2D eigenvalue weighted by Gasteiger charge is 2.18. The summed E-state index contributed by atoms with van der Waals surface area (Å²) in [5.74, 6) is -0.0390. The van der Waals surface area contributed by atoms with Gasteiger partial charge in [-0.2, -0.15) is 0 Å². The summed E-state index contributed by atoms with van der Waals surface area (Å²) in [6.07, 6.45) is 97.3. The second-order valence-corrected chi connectivity index (χ2v) is 27.4. The highest BCUT2D eigenvalue weighted by Crippen LogP contribution is 2.20. The van der Waals surface area contributed by atoms with Crippen LogP contribution >= 0.6 is 0 Å². The quantitative estimate of drug-likeness (QED) is 0.0320. The molecule has 6 nitrogen and oxygen atoms in total. The molecule has 3 N–H and O–H groups in total. The van der Waals surface area contributed by atoms with Crippen molar-refractivity contribution < 1.29 is 24.5 Å². The third-order valence-electron chi connectivity index (χ3n) is 18.7. The topological polar surface area (TPSA) is 95.9 Å². The molecule has 0 aromatic heterocycles. The van der Waals surface area contributed by atoms with Gasteiger partial charge in [0.25, 0.3) is 0 Å². The maximum absolute atomic E-state index is 12.5. The van der Waals surface area contributed by atoms with E-state index in [0.29, 0.717) is 19.4 Å². The molecule has 0 spiro atoms. The van der Waals surface area contributed by atoms with Crippen molar-refractivity contribution in [2.45, 2.75) is 463 Å². The third-order valence-corrected chi connectivity index (χ3v) is 18.7. The first kappa shape index (κ1) is 84.3. The van der Waals surface area contributed by atoms with Gasteiger partial charge in [-0.25, -0.2) is 0 Å². The minimum absolute atomic E-state index is 0.0212. The number of hydrogen-bond donors (Lipinski definition) is 3. The number of allylic oxidation sites excluding steroid dienone is 3. The van der Waals surface area contributed by atoms with E-state index < -0.39 is 12.1 Å². The second kappa shape index (κ2) is 75.8. The van der Waals surface area contributed by atoms with Crippen LogP contribution in [0.25, 0.3) is 0 Å². The first-order valence-corrected chi connectivity index (χ1v) is 39.6. The molecule has 0 aliphatic heterocycles. The van der Waals surface area contributed by atoms with Gasteiger partial charge in [-0.3, -0.25) is 9.59 Å².